The molecule has 1 aromatic heterocycles. The highest BCUT2D eigenvalue weighted by Gasteiger charge is 2.29. The normalized spacial score (nSPS) is 17.6. The molecule has 0 radical (unpaired) electrons. The van der Waals surface area contributed by atoms with Gasteiger partial charge >= 0.3 is 5.97 Å². The van der Waals surface area contributed by atoms with Crippen LogP contribution in [0.4, 0.5) is 0 Å². The van der Waals surface area contributed by atoms with Crippen LogP contribution < -0.4 is 0 Å². The van der Waals surface area contributed by atoms with E-state index in [9.17, 15) is 9.59 Å². The van der Waals surface area contributed by atoms with Crippen molar-refractivity contribution in [3.63, 3.8) is 0 Å². The van der Waals surface area contributed by atoms with E-state index in [2.05, 4.69) is 20.1 Å². The minimum Gasteiger partial charge on any atom is -0.465 e. The molecule has 1 fully saturated rings. The summed E-state index contributed by atoms with van der Waals surface area (Å²) in [6.45, 7) is 1.23. The molecule has 1 aliphatic heterocycles. The molecule has 0 N–H and O–H groups in total. The van der Waals surface area contributed by atoms with Crippen LogP contribution >= 0.6 is 0 Å². The molecule has 0 aliphatic carbocycles. The zero-order valence-electron chi connectivity index (χ0n) is 13.4. The van der Waals surface area contributed by atoms with Crippen LogP contribution in [0.15, 0.2) is 24.3 Å². The van der Waals surface area contributed by atoms with Gasteiger partial charge in [-0.15, -0.1) is 10.2 Å². The molecule has 1 atom stereocenters. The number of aryl methyl sites for hydroxylation is 1. The largest absolute Gasteiger partial charge is 0.465 e. The van der Waals surface area contributed by atoms with Crippen molar-refractivity contribution in [1.29, 1.82) is 0 Å². The van der Waals surface area contributed by atoms with Gasteiger partial charge in [-0.2, -0.15) is 4.80 Å². The van der Waals surface area contributed by atoms with Crippen molar-refractivity contribution < 1.29 is 19.1 Å². The van der Waals surface area contributed by atoms with Crippen LogP contribution in [-0.4, -0.2) is 63.8 Å². The molecular formula is C15H17N5O4. The number of amides is 1. The van der Waals surface area contributed by atoms with Gasteiger partial charge in [0.2, 0.25) is 5.82 Å². The molecule has 2 heterocycles. The number of benzene rings is 1. The van der Waals surface area contributed by atoms with Crippen molar-refractivity contribution in [3.8, 4) is 0 Å². The fraction of sp³-hybridized carbons (Fsp3) is 0.400. The summed E-state index contributed by atoms with van der Waals surface area (Å²) in [4.78, 5) is 27.1. The third kappa shape index (κ3) is 3.25. The van der Waals surface area contributed by atoms with Gasteiger partial charge in [-0.3, -0.25) is 4.79 Å². The third-order valence-electron chi connectivity index (χ3n) is 3.72. The van der Waals surface area contributed by atoms with Gasteiger partial charge in [0.1, 0.15) is 6.10 Å². The first-order valence-corrected chi connectivity index (χ1v) is 7.41. The molecule has 1 saturated heterocycles. The van der Waals surface area contributed by atoms with Crippen molar-refractivity contribution in [2.45, 2.75) is 6.10 Å². The number of nitrogens with zero attached hydrogens (tertiary/aromatic N) is 5. The highest BCUT2D eigenvalue weighted by molar-refractivity contribution is 5.96. The van der Waals surface area contributed by atoms with E-state index < -0.39 is 12.1 Å². The van der Waals surface area contributed by atoms with E-state index in [0.717, 1.165) is 0 Å². The molecule has 0 spiro atoms. The third-order valence-corrected chi connectivity index (χ3v) is 3.72. The Labute approximate surface area is 138 Å². The lowest BCUT2D eigenvalue weighted by Gasteiger charge is -2.31. The minimum atomic E-state index is -0.436. The summed E-state index contributed by atoms with van der Waals surface area (Å²) in [6.07, 6.45) is -0.397. The molecule has 1 aliphatic rings. The molecule has 1 aromatic carbocycles. The molecule has 0 saturated carbocycles. The molecule has 126 valence electrons. The van der Waals surface area contributed by atoms with E-state index in [1.165, 1.54) is 11.9 Å². The predicted molar refractivity (Wildman–Crippen MR) is 81.2 cm³/mol. The highest BCUT2D eigenvalue weighted by Crippen LogP contribution is 2.20. The van der Waals surface area contributed by atoms with Crippen LogP contribution in [0.25, 0.3) is 0 Å². The first kappa shape index (κ1) is 16.1. The fourth-order valence-electron chi connectivity index (χ4n) is 2.47. The summed E-state index contributed by atoms with van der Waals surface area (Å²) in [7, 11) is 2.99. The zero-order valence-corrected chi connectivity index (χ0v) is 13.4. The summed E-state index contributed by atoms with van der Waals surface area (Å²) in [5.41, 5.74) is 0.896. The van der Waals surface area contributed by atoms with Crippen LogP contribution in [0.3, 0.4) is 0 Å². The first-order valence-electron chi connectivity index (χ1n) is 7.41. The number of tetrazole rings is 1. The zero-order chi connectivity index (χ0) is 17.1. The summed E-state index contributed by atoms with van der Waals surface area (Å²) < 4.78 is 10.3. The molecular weight excluding hydrogens is 314 g/mol. The number of hydrogen-bond donors (Lipinski definition) is 0. The van der Waals surface area contributed by atoms with Gasteiger partial charge in [-0.25, -0.2) is 4.79 Å². The maximum atomic E-state index is 12.6. The first-order chi connectivity index (χ1) is 11.6. The van der Waals surface area contributed by atoms with Gasteiger partial charge in [0.15, 0.2) is 0 Å². The molecule has 3 rings (SSSR count). The van der Waals surface area contributed by atoms with Gasteiger partial charge in [0.05, 0.1) is 32.9 Å². The average molecular weight is 331 g/mol. The molecule has 1 amide bonds. The molecule has 2 aromatic rings. The lowest BCUT2D eigenvalue weighted by Crippen LogP contribution is -2.42. The van der Waals surface area contributed by atoms with Crippen molar-refractivity contribution in [2.24, 2.45) is 7.05 Å². The van der Waals surface area contributed by atoms with Gasteiger partial charge in [-0.1, -0.05) is 0 Å². The van der Waals surface area contributed by atoms with Gasteiger partial charge in [-0.05, 0) is 29.5 Å². The maximum absolute atomic E-state index is 12.6. The van der Waals surface area contributed by atoms with E-state index in [-0.39, 0.29) is 5.91 Å². The van der Waals surface area contributed by atoms with Crippen LogP contribution in [0.1, 0.15) is 32.6 Å². The Morgan fingerprint density at radius 3 is 2.58 bits per heavy atom. The Hall–Kier alpha value is -2.81. The number of aromatic nitrogens is 4. The summed E-state index contributed by atoms with van der Waals surface area (Å²) >= 11 is 0. The smallest absolute Gasteiger partial charge is 0.337 e. The molecule has 1 unspecified atom stereocenters. The Morgan fingerprint density at radius 1 is 1.25 bits per heavy atom. The number of ether oxygens (including phenoxy) is 2. The monoisotopic (exact) mass is 331 g/mol. The van der Waals surface area contributed by atoms with Crippen molar-refractivity contribution in [1.82, 2.24) is 25.1 Å². The Morgan fingerprint density at radius 2 is 1.96 bits per heavy atom. The Balaban J connectivity index is 1.71. The summed E-state index contributed by atoms with van der Waals surface area (Å²) in [6, 6.07) is 6.36. The van der Waals surface area contributed by atoms with Crippen molar-refractivity contribution in [2.75, 3.05) is 26.8 Å². The second-order valence-electron chi connectivity index (χ2n) is 5.32. The van der Waals surface area contributed by atoms with E-state index in [0.29, 0.717) is 36.6 Å². The lowest BCUT2D eigenvalue weighted by molar-refractivity contribution is -0.0269. The highest BCUT2D eigenvalue weighted by atomic mass is 16.5. The number of carbonyl (C=O) groups is 2. The Bertz CT molecular complexity index is 743. The number of morpholine rings is 1. The van der Waals surface area contributed by atoms with Gasteiger partial charge in [0, 0.05) is 12.1 Å². The van der Waals surface area contributed by atoms with E-state index >= 15 is 0 Å². The van der Waals surface area contributed by atoms with Gasteiger partial charge < -0.3 is 14.4 Å². The second-order valence-corrected chi connectivity index (χ2v) is 5.32. The SMILES string of the molecule is COC(=O)c1ccc(C(=O)N2CCOC(c3nnn(C)n3)C2)cc1. The fourth-order valence-corrected chi connectivity index (χ4v) is 2.47. The molecule has 0 bridgehead atoms. The maximum Gasteiger partial charge on any atom is 0.337 e. The minimum absolute atomic E-state index is 0.136. The van der Waals surface area contributed by atoms with Crippen LogP contribution in [0.5, 0.6) is 0 Å². The van der Waals surface area contributed by atoms with E-state index in [1.54, 1.807) is 36.2 Å². The predicted octanol–water partition coefficient (Wildman–Crippen LogP) is 0.210. The Kier molecular flexibility index (Phi) is 4.52. The standard InChI is InChI=1S/C15H17N5O4/c1-19-17-13(16-18-19)12-9-20(7-8-24-12)14(21)10-3-5-11(6-4-10)15(22)23-2/h3-6,12H,7-9H2,1-2H3. The number of hydrogen-bond acceptors (Lipinski definition) is 7. The summed E-state index contributed by atoms with van der Waals surface area (Å²) in [5, 5.41) is 11.8. The van der Waals surface area contributed by atoms with Gasteiger partial charge in [0.25, 0.3) is 5.91 Å². The van der Waals surface area contributed by atoms with Crippen LogP contribution in [0, 0.1) is 0 Å². The number of esters is 1. The number of carbonyl (C=O) groups excluding carboxylic acids is 2. The second kappa shape index (κ2) is 6.75. The van der Waals surface area contributed by atoms with E-state index in [1.807, 2.05) is 0 Å². The number of methoxy groups -OCH3 is 1. The van der Waals surface area contributed by atoms with Crippen LogP contribution in [-0.2, 0) is 16.5 Å². The quantitative estimate of drug-likeness (QED) is 0.741. The summed E-state index contributed by atoms with van der Waals surface area (Å²) in [5.74, 6) is -0.117. The van der Waals surface area contributed by atoms with Crippen molar-refractivity contribution >= 4 is 11.9 Å². The molecule has 9 nitrogen and oxygen atoms in total. The lowest BCUT2D eigenvalue weighted by atomic mass is 10.1. The van der Waals surface area contributed by atoms with Crippen LogP contribution in [0.2, 0.25) is 0 Å². The topological polar surface area (TPSA) is 99.4 Å². The van der Waals surface area contributed by atoms with Crippen molar-refractivity contribution in [3.05, 3.63) is 41.2 Å². The number of rotatable bonds is 3. The molecule has 24 heavy (non-hydrogen) atoms. The van der Waals surface area contributed by atoms with E-state index in [4.69, 9.17) is 4.74 Å². The average Bonchev–Trinajstić information content (AvgIpc) is 3.07. The molecule has 9 heteroatoms.